The zero-order valence-corrected chi connectivity index (χ0v) is 19.2. The third kappa shape index (κ3) is 4.07. The van der Waals surface area contributed by atoms with E-state index in [2.05, 4.69) is 55.3 Å². The summed E-state index contributed by atoms with van der Waals surface area (Å²) in [5, 5.41) is 7.83. The molecule has 5 heteroatoms. The normalized spacial score (nSPS) is 19.1. The first-order valence-corrected chi connectivity index (χ1v) is 11.6. The maximum absolute atomic E-state index is 6.45. The molecule has 3 aromatic rings. The first kappa shape index (κ1) is 20.9. The van der Waals surface area contributed by atoms with Crippen molar-refractivity contribution < 1.29 is 9.47 Å². The van der Waals surface area contributed by atoms with Crippen LogP contribution in [0.4, 0.5) is 0 Å². The van der Waals surface area contributed by atoms with E-state index < -0.39 is 0 Å². The molecule has 5 rings (SSSR count). The number of halogens is 1. The molecule has 32 heavy (non-hydrogen) atoms. The molecule has 0 unspecified atom stereocenters. The molecule has 0 saturated carbocycles. The predicted molar refractivity (Wildman–Crippen MR) is 129 cm³/mol. The summed E-state index contributed by atoms with van der Waals surface area (Å²) in [5.41, 5.74) is 5.58. The number of nitrogens with zero attached hydrogens (tertiary/aromatic N) is 2. The van der Waals surface area contributed by atoms with Crippen LogP contribution < -0.4 is 9.47 Å². The number of unbranched alkanes of at least 4 members (excludes halogenated alkanes) is 1. The Hall–Kier alpha value is -2.98. The van der Waals surface area contributed by atoms with E-state index in [1.165, 1.54) is 5.56 Å². The fourth-order valence-electron chi connectivity index (χ4n) is 4.26. The second-order valence-corrected chi connectivity index (χ2v) is 8.87. The van der Waals surface area contributed by atoms with Gasteiger partial charge in [-0.2, -0.15) is 5.10 Å². The molecule has 2 atom stereocenters. The summed E-state index contributed by atoms with van der Waals surface area (Å²) in [4.78, 5) is 0. The molecule has 0 N–H and O–H groups in total. The quantitative estimate of drug-likeness (QED) is 0.380. The van der Waals surface area contributed by atoms with Gasteiger partial charge in [0.1, 0.15) is 11.5 Å². The number of fused-ring (bicyclic) bond motifs is 3. The second-order valence-electron chi connectivity index (χ2n) is 8.44. The molecule has 0 fully saturated rings. The molecule has 0 bridgehead atoms. The van der Waals surface area contributed by atoms with Gasteiger partial charge in [0.25, 0.3) is 0 Å². The molecule has 2 aliphatic rings. The van der Waals surface area contributed by atoms with Crippen LogP contribution in [0.2, 0.25) is 5.02 Å². The average Bonchev–Trinajstić information content (AvgIpc) is 3.26. The molecule has 3 aromatic carbocycles. The molecule has 2 heterocycles. The molecule has 0 amide bonds. The number of rotatable bonds is 6. The minimum Gasteiger partial charge on any atom is -0.494 e. The van der Waals surface area contributed by atoms with Gasteiger partial charge < -0.3 is 9.47 Å². The summed E-state index contributed by atoms with van der Waals surface area (Å²) < 4.78 is 12.3. The van der Waals surface area contributed by atoms with Crippen LogP contribution in [0.1, 0.15) is 60.7 Å². The van der Waals surface area contributed by atoms with Crippen molar-refractivity contribution in [2.75, 3.05) is 6.61 Å². The molecule has 0 aliphatic carbocycles. The van der Waals surface area contributed by atoms with Gasteiger partial charge in [0.15, 0.2) is 0 Å². The highest BCUT2D eigenvalue weighted by atomic mass is 35.5. The third-order valence-electron chi connectivity index (χ3n) is 6.07. The summed E-state index contributed by atoms with van der Waals surface area (Å²) in [7, 11) is 0. The van der Waals surface area contributed by atoms with Crippen molar-refractivity contribution in [3.05, 3.63) is 94.0 Å². The SMILES string of the molecule is CCCCOc1ccc([C@H]2Oc3ccc(Cl)cc3[C@@H]3CC(c4ccc(C)cc4)=NN23)cc1. The highest BCUT2D eigenvalue weighted by molar-refractivity contribution is 6.30. The van der Waals surface area contributed by atoms with E-state index in [4.69, 9.17) is 26.2 Å². The van der Waals surface area contributed by atoms with E-state index in [0.717, 1.165) is 59.8 Å². The Balaban J connectivity index is 1.48. The minimum atomic E-state index is -0.304. The molecule has 0 saturated heterocycles. The Morgan fingerprint density at radius 1 is 1.06 bits per heavy atom. The first-order chi connectivity index (χ1) is 15.6. The van der Waals surface area contributed by atoms with E-state index in [0.29, 0.717) is 5.02 Å². The highest BCUT2D eigenvalue weighted by Gasteiger charge is 2.41. The lowest BCUT2D eigenvalue weighted by molar-refractivity contribution is -0.0190. The Bertz CT molecular complexity index is 1130. The standard InChI is InChI=1S/C27H27ClN2O2/c1-3-4-15-31-22-12-9-20(10-13-22)27-30-25(23-16-21(28)11-14-26(23)32-27)17-24(29-30)19-7-5-18(2)6-8-19/h5-14,16,25,27H,3-4,15,17H2,1-2H3/t25-,27+/m0/s1. The van der Waals surface area contributed by atoms with E-state index in [9.17, 15) is 0 Å². The van der Waals surface area contributed by atoms with Crippen LogP contribution in [0.15, 0.2) is 71.8 Å². The Morgan fingerprint density at radius 2 is 1.84 bits per heavy atom. The van der Waals surface area contributed by atoms with E-state index >= 15 is 0 Å². The van der Waals surface area contributed by atoms with Gasteiger partial charge in [0, 0.05) is 22.6 Å². The van der Waals surface area contributed by atoms with Gasteiger partial charge in [-0.3, -0.25) is 0 Å². The Morgan fingerprint density at radius 3 is 2.59 bits per heavy atom. The predicted octanol–water partition coefficient (Wildman–Crippen LogP) is 7.07. The van der Waals surface area contributed by atoms with Crippen molar-refractivity contribution in [3.8, 4) is 11.5 Å². The van der Waals surface area contributed by atoms with Crippen molar-refractivity contribution in [1.29, 1.82) is 0 Å². The number of hydrogen-bond acceptors (Lipinski definition) is 4. The summed E-state index contributed by atoms with van der Waals surface area (Å²) in [6.45, 7) is 5.00. The topological polar surface area (TPSA) is 34.1 Å². The van der Waals surface area contributed by atoms with Crippen LogP contribution in [-0.4, -0.2) is 17.3 Å². The first-order valence-electron chi connectivity index (χ1n) is 11.2. The smallest absolute Gasteiger partial charge is 0.213 e. The largest absolute Gasteiger partial charge is 0.494 e. The van der Waals surface area contributed by atoms with Gasteiger partial charge in [0.05, 0.1) is 18.4 Å². The molecule has 164 valence electrons. The number of aryl methyl sites for hydroxylation is 1. The van der Waals surface area contributed by atoms with Crippen LogP contribution in [0.25, 0.3) is 0 Å². The maximum Gasteiger partial charge on any atom is 0.213 e. The Kier molecular flexibility index (Phi) is 5.79. The molecular formula is C27H27ClN2O2. The number of ether oxygens (including phenoxy) is 2. The highest BCUT2D eigenvalue weighted by Crippen LogP contribution is 2.48. The van der Waals surface area contributed by atoms with Gasteiger partial charge in [0.2, 0.25) is 6.23 Å². The number of hydrogen-bond donors (Lipinski definition) is 0. The fourth-order valence-corrected chi connectivity index (χ4v) is 4.44. The van der Waals surface area contributed by atoms with Crippen LogP contribution in [0, 0.1) is 6.92 Å². The summed E-state index contributed by atoms with van der Waals surface area (Å²) in [5.74, 6) is 1.75. The molecule has 4 nitrogen and oxygen atoms in total. The summed E-state index contributed by atoms with van der Waals surface area (Å²) >= 11 is 6.34. The van der Waals surface area contributed by atoms with E-state index in [1.54, 1.807) is 0 Å². The van der Waals surface area contributed by atoms with Crippen LogP contribution in [-0.2, 0) is 0 Å². The fraction of sp³-hybridized carbons (Fsp3) is 0.296. The second kappa shape index (κ2) is 8.87. The molecule has 0 aromatic heterocycles. The lowest BCUT2D eigenvalue weighted by Gasteiger charge is -2.38. The molecule has 2 aliphatic heterocycles. The van der Waals surface area contributed by atoms with Gasteiger partial charge in [-0.1, -0.05) is 54.8 Å². The lowest BCUT2D eigenvalue weighted by atomic mass is 9.95. The van der Waals surface area contributed by atoms with Crippen molar-refractivity contribution >= 4 is 17.3 Å². The van der Waals surface area contributed by atoms with Crippen LogP contribution >= 0.6 is 11.6 Å². The Labute approximate surface area is 194 Å². The van der Waals surface area contributed by atoms with Crippen molar-refractivity contribution in [1.82, 2.24) is 5.01 Å². The molecule has 0 spiro atoms. The van der Waals surface area contributed by atoms with Gasteiger partial charge in [-0.25, -0.2) is 5.01 Å². The number of benzene rings is 3. The minimum absolute atomic E-state index is 0.0826. The van der Waals surface area contributed by atoms with Crippen molar-refractivity contribution in [2.45, 2.75) is 45.4 Å². The van der Waals surface area contributed by atoms with Gasteiger partial charge >= 0.3 is 0 Å². The van der Waals surface area contributed by atoms with Gasteiger partial charge in [-0.15, -0.1) is 0 Å². The lowest BCUT2D eigenvalue weighted by Crippen LogP contribution is -2.33. The molecular weight excluding hydrogens is 420 g/mol. The monoisotopic (exact) mass is 446 g/mol. The van der Waals surface area contributed by atoms with Gasteiger partial charge in [-0.05, 0) is 61.4 Å². The molecule has 0 radical (unpaired) electrons. The third-order valence-corrected chi connectivity index (χ3v) is 6.30. The van der Waals surface area contributed by atoms with E-state index in [1.807, 2.05) is 30.3 Å². The van der Waals surface area contributed by atoms with Crippen LogP contribution in [0.5, 0.6) is 11.5 Å². The van der Waals surface area contributed by atoms with Crippen molar-refractivity contribution in [3.63, 3.8) is 0 Å². The zero-order chi connectivity index (χ0) is 22.1. The summed E-state index contributed by atoms with van der Waals surface area (Å²) in [6.07, 6.45) is 2.68. The average molecular weight is 447 g/mol. The van der Waals surface area contributed by atoms with Crippen molar-refractivity contribution in [2.24, 2.45) is 5.10 Å². The zero-order valence-electron chi connectivity index (χ0n) is 18.4. The van der Waals surface area contributed by atoms with E-state index in [-0.39, 0.29) is 12.3 Å². The van der Waals surface area contributed by atoms with Crippen LogP contribution in [0.3, 0.4) is 0 Å². The number of hydrazone groups is 1. The summed E-state index contributed by atoms with van der Waals surface area (Å²) in [6, 6.07) is 22.7. The maximum atomic E-state index is 6.45.